The van der Waals surface area contributed by atoms with Gasteiger partial charge in [-0.05, 0) is 48.5 Å². The number of carbonyl (C=O) groups excluding carboxylic acids is 1. The van der Waals surface area contributed by atoms with E-state index in [1.807, 2.05) is 0 Å². The van der Waals surface area contributed by atoms with Gasteiger partial charge in [-0.3, -0.25) is 4.79 Å². The molecular weight excluding hydrogens is 282 g/mol. The number of benzene rings is 1. The molecule has 1 aromatic carbocycles. The maximum Gasteiger partial charge on any atom is 0.220 e. The predicted octanol–water partition coefficient (Wildman–Crippen LogP) is 4.96. The third-order valence-electron chi connectivity index (χ3n) is 6.61. The van der Waals surface area contributed by atoms with Gasteiger partial charge in [0.1, 0.15) is 0 Å². The SMILES string of the molecule is CCCC[C@H]1C[C@@H]1[C@@H]1N(C(C)=O)[C@@H](c2ccccc2)CC12CC2. The second-order valence-corrected chi connectivity index (χ2v) is 8.17. The van der Waals surface area contributed by atoms with Gasteiger partial charge < -0.3 is 4.90 Å². The van der Waals surface area contributed by atoms with Crippen molar-refractivity contribution >= 4 is 5.91 Å². The van der Waals surface area contributed by atoms with Crippen LogP contribution in [0.1, 0.15) is 70.4 Å². The summed E-state index contributed by atoms with van der Waals surface area (Å²) in [7, 11) is 0. The normalized spacial score (nSPS) is 33.9. The van der Waals surface area contributed by atoms with Crippen molar-refractivity contribution in [3.63, 3.8) is 0 Å². The highest BCUT2D eigenvalue weighted by Gasteiger charge is 2.65. The van der Waals surface area contributed by atoms with Crippen LogP contribution in [0.4, 0.5) is 0 Å². The van der Waals surface area contributed by atoms with Crippen molar-refractivity contribution in [2.75, 3.05) is 0 Å². The molecule has 3 aliphatic rings. The maximum atomic E-state index is 12.5. The number of amides is 1. The molecule has 2 heteroatoms. The molecule has 1 spiro atoms. The van der Waals surface area contributed by atoms with Crippen molar-refractivity contribution in [3.8, 4) is 0 Å². The first kappa shape index (κ1) is 15.2. The van der Waals surface area contributed by atoms with Crippen LogP contribution in [0, 0.1) is 17.3 Å². The van der Waals surface area contributed by atoms with Crippen LogP contribution in [-0.2, 0) is 4.79 Å². The molecule has 0 aromatic heterocycles. The largest absolute Gasteiger partial charge is 0.332 e. The average Bonchev–Trinajstić information content (AvgIpc) is 3.45. The Morgan fingerprint density at radius 3 is 2.61 bits per heavy atom. The van der Waals surface area contributed by atoms with Gasteiger partial charge in [0.15, 0.2) is 0 Å². The summed E-state index contributed by atoms with van der Waals surface area (Å²) in [6.07, 6.45) is 9.24. The molecule has 4 atom stereocenters. The molecule has 1 amide bonds. The molecule has 2 saturated carbocycles. The fourth-order valence-electron chi connectivity index (χ4n) is 5.24. The highest BCUT2D eigenvalue weighted by Crippen LogP contribution is 2.68. The van der Waals surface area contributed by atoms with Crippen molar-refractivity contribution in [1.82, 2.24) is 4.90 Å². The second-order valence-electron chi connectivity index (χ2n) is 8.17. The van der Waals surface area contributed by atoms with Gasteiger partial charge >= 0.3 is 0 Å². The van der Waals surface area contributed by atoms with Crippen molar-refractivity contribution in [1.29, 1.82) is 0 Å². The zero-order chi connectivity index (χ0) is 16.0. The van der Waals surface area contributed by atoms with E-state index in [2.05, 4.69) is 42.2 Å². The third-order valence-corrected chi connectivity index (χ3v) is 6.61. The van der Waals surface area contributed by atoms with Gasteiger partial charge in [-0.2, -0.15) is 0 Å². The molecule has 0 unspecified atom stereocenters. The fourth-order valence-corrected chi connectivity index (χ4v) is 5.24. The van der Waals surface area contributed by atoms with Gasteiger partial charge in [0, 0.05) is 13.0 Å². The summed E-state index contributed by atoms with van der Waals surface area (Å²) in [4.78, 5) is 14.8. The molecular formula is C21H29NO. The molecule has 1 heterocycles. The van der Waals surface area contributed by atoms with E-state index in [-0.39, 0.29) is 5.91 Å². The lowest BCUT2D eigenvalue weighted by molar-refractivity contribution is -0.132. The van der Waals surface area contributed by atoms with Gasteiger partial charge in [-0.25, -0.2) is 0 Å². The van der Waals surface area contributed by atoms with Crippen molar-refractivity contribution in [2.45, 2.75) is 70.9 Å². The number of hydrogen-bond donors (Lipinski definition) is 0. The monoisotopic (exact) mass is 311 g/mol. The van der Waals surface area contributed by atoms with Crippen LogP contribution in [0.25, 0.3) is 0 Å². The zero-order valence-electron chi connectivity index (χ0n) is 14.5. The Balaban J connectivity index is 1.59. The molecule has 2 nitrogen and oxygen atoms in total. The van der Waals surface area contributed by atoms with Gasteiger partial charge in [-0.15, -0.1) is 0 Å². The van der Waals surface area contributed by atoms with Crippen LogP contribution in [-0.4, -0.2) is 16.8 Å². The Morgan fingerprint density at radius 1 is 1.26 bits per heavy atom. The molecule has 1 saturated heterocycles. The van der Waals surface area contributed by atoms with Crippen LogP contribution >= 0.6 is 0 Å². The van der Waals surface area contributed by atoms with Crippen molar-refractivity contribution in [2.24, 2.45) is 17.3 Å². The summed E-state index contributed by atoms with van der Waals surface area (Å²) in [6.45, 7) is 4.07. The number of carbonyl (C=O) groups is 1. The Bertz CT molecular complexity index is 577. The second kappa shape index (κ2) is 5.65. The molecule has 0 bridgehead atoms. The lowest BCUT2D eigenvalue weighted by Gasteiger charge is -2.32. The Kier molecular flexibility index (Phi) is 3.74. The first-order chi connectivity index (χ1) is 11.2. The number of unbranched alkanes of at least 4 members (excludes halogenated alkanes) is 1. The van der Waals surface area contributed by atoms with Gasteiger partial charge in [-0.1, -0.05) is 56.5 Å². The van der Waals surface area contributed by atoms with E-state index in [1.165, 1.54) is 50.5 Å². The standard InChI is InChI=1S/C21H29NO/c1-3-4-8-17-13-18(17)20-21(11-12-21)14-19(22(20)15(2)23)16-9-6-5-7-10-16/h5-7,9-10,17-20H,3-4,8,11-14H2,1-2H3/t17-,18-,19+,20-/m0/s1. The van der Waals surface area contributed by atoms with E-state index in [9.17, 15) is 4.79 Å². The molecule has 23 heavy (non-hydrogen) atoms. The third kappa shape index (κ3) is 2.60. The average molecular weight is 311 g/mol. The van der Waals surface area contributed by atoms with E-state index in [0.717, 1.165) is 11.8 Å². The van der Waals surface area contributed by atoms with Gasteiger partial charge in [0.05, 0.1) is 6.04 Å². The van der Waals surface area contributed by atoms with E-state index in [1.54, 1.807) is 6.92 Å². The van der Waals surface area contributed by atoms with Crippen molar-refractivity contribution < 1.29 is 4.79 Å². The summed E-state index contributed by atoms with van der Waals surface area (Å²) >= 11 is 0. The topological polar surface area (TPSA) is 20.3 Å². The van der Waals surface area contributed by atoms with E-state index < -0.39 is 0 Å². The number of hydrogen-bond acceptors (Lipinski definition) is 1. The Hall–Kier alpha value is -1.31. The molecule has 1 aromatic rings. The van der Waals surface area contributed by atoms with Gasteiger partial charge in [0.25, 0.3) is 0 Å². The van der Waals surface area contributed by atoms with Crippen molar-refractivity contribution in [3.05, 3.63) is 35.9 Å². The maximum absolute atomic E-state index is 12.5. The molecule has 0 radical (unpaired) electrons. The van der Waals surface area contributed by atoms with E-state index in [4.69, 9.17) is 0 Å². The first-order valence-corrected chi connectivity index (χ1v) is 9.50. The zero-order valence-corrected chi connectivity index (χ0v) is 14.5. The lowest BCUT2D eigenvalue weighted by Crippen LogP contribution is -2.40. The quantitative estimate of drug-likeness (QED) is 0.753. The number of likely N-dealkylation sites (tertiary alicyclic amines) is 1. The summed E-state index contributed by atoms with van der Waals surface area (Å²) in [5.74, 6) is 1.95. The van der Waals surface area contributed by atoms with Crippen LogP contribution in [0.2, 0.25) is 0 Å². The van der Waals surface area contributed by atoms with Crippen LogP contribution in [0.15, 0.2) is 30.3 Å². The van der Waals surface area contributed by atoms with Crippen LogP contribution in [0.5, 0.6) is 0 Å². The van der Waals surface area contributed by atoms with E-state index >= 15 is 0 Å². The Labute approximate surface area is 140 Å². The summed E-state index contributed by atoms with van der Waals surface area (Å²) < 4.78 is 0. The lowest BCUT2D eigenvalue weighted by atomic mass is 9.90. The molecule has 1 aliphatic heterocycles. The molecule has 0 N–H and O–H groups in total. The minimum atomic E-state index is 0.286. The smallest absolute Gasteiger partial charge is 0.220 e. The van der Waals surface area contributed by atoms with Crippen LogP contribution < -0.4 is 0 Å². The number of rotatable bonds is 5. The van der Waals surface area contributed by atoms with Gasteiger partial charge in [0.2, 0.25) is 5.91 Å². The fraction of sp³-hybridized carbons (Fsp3) is 0.667. The number of nitrogens with zero attached hydrogens (tertiary/aromatic N) is 1. The molecule has 3 fully saturated rings. The molecule has 4 rings (SSSR count). The summed E-state index contributed by atoms with van der Waals surface area (Å²) in [6, 6.07) is 11.5. The summed E-state index contributed by atoms with van der Waals surface area (Å²) in [5.41, 5.74) is 1.79. The summed E-state index contributed by atoms with van der Waals surface area (Å²) in [5, 5.41) is 0. The minimum Gasteiger partial charge on any atom is -0.332 e. The Morgan fingerprint density at radius 2 is 2.00 bits per heavy atom. The molecule has 2 aliphatic carbocycles. The van der Waals surface area contributed by atoms with E-state index in [0.29, 0.717) is 17.5 Å². The minimum absolute atomic E-state index is 0.286. The van der Waals surface area contributed by atoms with Crippen LogP contribution in [0.3, 0.4) is 0 Å². The first-order valence-electron chi connectivity index (χ1n) is 9.50. The highest BCUT2D eigenvalue weighted by atomic mass is 16.2. The molecule has 124 valence electrons. The predicted molar refractivity (Wildman–Crippen MR) is 92.9 cm³/mol. The highest BCUT2D eigenvalue weighted by molar-refractivity contribution is 5.75.